The number of hydrogen-bond donors (Lipinski definition) is 1. The fourth-order valence-electron chi connectivity index (χ4n) is 2.88. The minimum absolute atomic E-state index is 0.670. The summed E-state index contributed by atoms with van der Waals surface area (Å²) >= 11 is 8.54. The van der Waals surface area contributed by atoms with Gasteiger partial charge in [-0.2, -0.15) is 0 Å². The first-order valence-corrected chi connectivity index (χ1v) is 7.92. The lowest BCUT2D eigenvalue weighted by atomic mass is 9.88. The van der Waals surface area contributed by atoms with Crippen LogP contribution in [0.15, 0.2) is 32.4 Å². The maximum Gasteiger partial charge on any atom is 0.0253 e. The van der Waals surface area contributed by atoms with E-state index in [1.807, 2.05) is 23.1 Å². The van der Waals surface area contributed by atoms with Crippen molar-refractivity contribution in [3.63, 3.8) is 0 Å². The highest BCUT2D eigenvalue weighted by molar-refractivity contribution is 8.07. The van der Waals surface area contributed by atoms with E-state index in [1.54, 1.807) is 10.5 Å². The summed E-state index contributed by atoms with van der Waals surface area (Å²) < 4.78 is 0. The second kappa shape index (κ2) is 3.56. The van der Waals surface area contributed by atoms with Crippen LogP contribution in [0.5, 0.6) is 0 Å². The lowest BCUT2D eigenvalue weighted by molar-refractivity contribution is 0.737. The average Bonchev–Trinajstić information content (AvgIpc) is 2.93. The molecule has 1 aromatic heterocycles. The Morgan fingerprint density at radius 1 is 1.41 bits per heavy atom. The highest BCUT2D eigenvalue weighted by atomic mass is 32.2. The van der Waals surface area contributed by atoms with Crippen molar-refractivity contribution in [2.24, 2.45) is 5.92 Å². The van der Waals surface area contributed by atoms with Crippen LogP contribution in [0.1, 0.15) is 21.7 Å². The van der Waals surface area contributed by atoms with Gasteiger partial charge in [-0.15, -0.1) is 24.0 Å². The molecule has 0 aromatic carbocycles. The molecule has 2 heterocycles. The van der Waals surface area contributed by atoms with Crippen LogP contribution in [0, 0.1) is 12.8 Å². The first kappa shape index (κ1) is 10.5. The molecule has 0 N–H and O–H groups in total. The molecule has 2 aliphatic carbocycles. The van der Waals surface area contributed by atoms with Crippen molar-refractivity contribution in [1.29, 1.82) is 0 Å². The molecule has 86 valence electrons. The zero-order valence-corrected chi connectivity index (χ0v) is 12.0. The minimum Gasteiger partial charge on any atom is -0.144 e. The van der Waals surface area contributed by atoms with Gasteiger partial charge in [0, 0.05) is 31.0 Å². The van der Waals surface area contributed by atoms with E-state index >= 15 is 0 Å². The van der Waals surface area contributed by atoms with Crippen molar-refractivity contribution in [1.82, 2.24) is 0 Å². The van der Waals surface area contributed by atoms with Crippen LogP contribution in [0.2, 0.25) is 0 Å². The highest BCUT2D eigenvalue weighted by Gasteiger charge is 2.35. The average molecular weight is 276 g/mol. The SMILES string of the molecule is Cc1sc2c(c1S)C=C1SC3=C(CC=C3)C1C2. The van der Waals surface area contributed by atoms with Gasteiger partial charge >= 0.3 is 0 Å². The summed E-state index contributed by atoms with van der Waals surface area (Å²) in [5.41, 5.74) is 3.04. The summed E-state index contributed by atoms with van der Waals surface area (Å²) in [4.78, 5) is 7.13. The third-order valence-electron chi connectivity index (χ3n) is 3.76. The van der Waals surface area contributed by atoms with E-state index in [0.29, 0.717) is 5.92 Å². The van der Waals surface area contributed by atoms with Crippen LogP contribution in [0.25, 0.3) is 6.08 Å². The molecule has 3 heteroatoms. The van der Waals surface area contributed by atoms with Crippen LogP contribution >= 0.6 is 35.7 Å². The summed E-state index contributed by atoms with van der Waals surface area (Å²) in [6, 6.07) is 0. The third-order valence-corrected chi connectivity index (χ3v) is 6.88. The van der Waals surface area contributed by atoms with E-state index in [1.165, 1.54) is 31.5 Å². The van der Waals surface area contributed by atoms with Gasteiger partial charge in [-0.25, -0.2) is 0 Å². The topological polar surface area (TPSA) is 0 Å². The Hall–Kier alpha value is -0.380. The molecule has 0 radical (unpaired) electrons. The Morgan fingerprint density at radius 2 is 2.29 bits per heavy atom. The van der Waals surface area contributed by atoms with Gasteiger partial charge in [0.15, 0.2) is 0 Å². The summed E-state index contributed by atoms with van der Waals surface area (Å²) in [5, 5.41) is 0. The van der Waals surface area contributed by atoms with E-state index in [2.05, 4.69) is 37.8 Å². The van der Waals surface area contributed by atoms with Crippen molar-refractivity contribution in [2.75, 3.05) is 0 Å². The molecular formula is C14H12S3. The summed E-state index contributed by atoms with van der Waals surface area (Å²) in [5.74, 6) is 0.670. The Bertz CT molecular complexity index is 614. The van der Waals surface area contributed by atoms with Crippen molar-refractivity contribution < 1.29 is 0 Å². The zero-order chi connectivity index (χ0) is 11.6. The largest absolute Gasteiger partial charge is 0.144 e. The van der Waals surface area contributed by atoms with Gasteiger partial charge in [-0.1, -0.05) is 23.9 Å². The molecule has 0 fully saturated rings. The number of thiophene rings is 1. The van der Waals surface area contributed by atoms with Crippen LogP contribution < -0.4 is 0 Å². The van der Waals surface area contributed by atoms with Crippen molar-refractivity contribution in [3.8, 4) is 0 Å². The summed E-state index contributed by atoms with van der Waals surface area (Å²) in [6.45, 7) is 2.18. The van der Waals surface area contributed by atoms with Gasteiger partial charge in [0.1, 0.15) is 0 Å². The van der Waals surface area contributed by atoms with E-state index in [4.69, 9.17) is 0 Å². The predicted molar refractivity (Wildman–Crippen MR) is 79.9 cm³/mol. The van der Waals surface area contributed by atoms with Gasteiger partial charge in [0.05, 0.1) is 0 Å². The molecular weight excluding hydrogens is 264 g/mol. The van der Waals surface area contributed by atoms with Crippen molar-refractivity contribution in [3.05, 3.63) is 42.9 Å². The van der Waals surface area contributed by atoms with Gasteiger partial charge in [-0.05, 0) is 36.3 Å². The molecule has 0 saturated heterocycles. The van der Waals surface area contributed by atoms with Crippen LogP contribution in [0.3, 0.4) is 0 Å². The lowest BCUT2D eigenvalue weighted by Gasteiger charge is -2.19. The first-order valence-electron chi connectivity index (χ1n) is 5.84. The fraction of sp³-hybridized carbons (Fsp3) is 0.286. The van der Waals surface area contributed by atoms with Gasteiger partial charge in [0.25, 0.3) is 0 Å². The Balaban J connectivity index is 1.83. The standard InChI is InChI=1S/C14H12S3/c1-7-14(15)10-6-12-9(5-13(10)16-7)8-3-2-4-11(8)17-12/h2,4,6,9,15H,3,5H2,1H3. The minimum atomic E-state index is 0.670. The van der Waals surface area contributed by atoms with Gasteiger partial charge < -0.3 is 0 Å². The molecule has 1 unspecified atom stereocenters. The number of aryl methyl sites for hydroxylation is 1. The second-order valence-electron chi connectivity index (χ2n) is 4.75. The van der Waals surface area contributed by atoms with Crippen molar-refractivity contribution in [2.45, 2.75) is 24.7 Å². The Kier molecular flexibility index (Phi) is 2.21. The van der Waals surface area contributed by atoms with Crippen LogP contribution in [0.4, 0.5) is 0 Å². The smallest absolute Gasteiger partial charge is 0.0253 e. The molecule has 17 heavy (non-hydrogen) atoms. The number of hydrogen-bond acceptors (Lipinski definition) is 3. The first-order chi connectivity index (χ1) is 8.24. The molecule has 0 saturated carbocycles. The molecule has 0 bridgehead atoms. The molecule has 3 aliphatic rings. The molecule has 0 nitrogen and oxygen atoms in total. The lowest BCUT2D eigenvalue weighted by Crippen LogP contribution is -2.08. The molecule has 1 atom stereocenters. The maximum atomic E-state index is 4.64. The normalized spacial score (nSPS) is 24.8. The van der Waals surface area contributed by atoms with E-state index < -0.39 is 0 Å². The molecule has 1 aromatic rings. The number of thiol groups is 1. The second-order valence-corrected chi connectivity index (χ2v) is 7.62. The maximum absolute atomic E-state index is 4.64. The van der Waals surface area contributed by atoms with Gasteiger partial charge in [-0.3, -0.25) is 0 Å². The summed E-state index contributed by atoms with van der Waals surface area (Å²) in [6.07, 6.45) is 9.33. The Labute approximate surface area is 115 Å². The van der Waals surface area contributed by atoms with E-state index in [0.717, 1.165) is 6.42 Å². The van der Waals surface area contributed by atoms with E-state index in [-0.39, 0.29) is 0 Å². The number of fused-ring (bicyclic) bond motifs is 3. The molecule has 0 spiro atoms. The van der Waals surface area contributed by atoms with Gasteiger partial charge in [0.2, 0.25) is 0 Å². The number of thioether (sulfide) groups is 1. The zero-order valence-electron chi connectivity index (χ0n) is 9.49. The Morgan fingerprint density at radius 3 is 3.18 bits per heavy atom. The predicted octanol–water partition coefficient (Wildman–Crippen LogP) is 4.82. The van der Waals surface area contributed by atoms with Crippen LogP contribution in [-0.2, 0) is 6.42 Å². The number of allylic oxidation sites excluding steroid dienone is 4. The van der Waals surface area contributed by atoms with Crippen LogP contribution in [-0.4, -0.2) is 0 Å². The fourth-order valence-corrected chi connectivity index (χ4v) is 5.70. The quantitative estimate of drug-likeness (QED) is 0.663. The summed E-state index contributed by atoms with van der Waals surface area (Å²) in [7, 11) is 0. The highest BCUT2D eigenvalue weighted by Crippen LogP contribution is 2.55. The third kappa shape index (κ3) is 1.39. The molecule has 1 aliphatic heterocycles. The van der Waals surface area contributed by atoms with E-state index in [9.17, 15) is 0 Å². The monoisotopic (exact) mass is 276 g/mol. The number of rotatable bonds is 0. The van der Waals surface area contributed by atoms with Crippen molar-refractivity contribution >= 4 is 41.8 Å². The molecule has 0 amide bonds. The molecule has 4 rings (SSSR count).